The van der Waals surface area contributed by atoms with E-state index in [4.69, 9.17) is 9.47 Å². The van der Waals surface area contributed by atoms with E-state index in [2.05, 4.69) is 4.99 Å². The van der Waals surface area contributed by atoms with Crippen molar-refractivity contribution in [3.05, 3.63) is 29.8 Å². The summed E-state index contributed by atoms with van der Waals surface area (Å²) in [6.45, 7) is 5.90. The van der Waals surface area contributed by atoms with E-state index in [1.54, 1.807) is 6.07 Å². The summed E-state index contributed by atoms with van der Waals surface area (Å²) in [6, 6.07) is 7.23. The second-order valence-electron chi connectivity index (χ2n) is 4.61. The van der Waals surface area contributed by atoms with Crippen LogP contribution in [0, 0.1) is 0 Å². The normalized spacial score (nSPS) is 17.2. The fourth-order valence-electron chi connectivity index (χ4n) is 1.61. The highest BCUT2D eigenvalue weighted by atomic mass is 16.5. The Hall–Kier alpha value is -1.84. The van der Waals surface area contributed by atoms with Crippen LogP contribution in [-0.2, 0) is 9.53 Å². The van der Waals surface area contributed by atoms with Gasteiger partial charge in [-0.3, -0.25) is 4.79 Å². The Morgan fingerprint density at radius 2 is 2.12 bits per heavy atom. The summed E-state index contributed by atoms with van der Waals surface area (Å²) < 4.78 is 10.7. The van der Waals surface area contributed by atoms with Gasteiger partial charge in [-0.1, -0.05) is 12.1 Å². The van der Waals surface area contributed by atoms with Crippen molar-refractivity contribution in [2.75, 3.05) is 6.61 Å². The maximum absolute atomic E-state index is 11.0. The van der Waals surface area contributed by atoms with Crippen LogP contribution in [0.15, 0.2) is 29.3 Å². The molecule has 0 N–H and O–H groups in total. The molecule has 0 saturated carbocycles. The zero-order valence-corrected chi connectivity index (χ0v) is 10.2. The van der Waals surface area contributed by atoms with E-state index >= 15 is 0 Å². The summed E-state index contributed by atoms with van der Waals surface area (Å²) in [4.78, 5) is 15.5. The Morgan fingerprint density at radius 1 is 1.41 bits per heavy atom. The largest absolute Gasteiger partial charge is 0.475 e. The van der Waals surface area contributed by atoms with Gasteiger partial charge < -0.3 is 9.47 Å². The van der Waals surface area contributed by atoms with E-state index in [-0.39, 0.29) is 11.5 Å². The fraction of sp³-hybridized carbons (Fsp3) is 0.385. The summed E-state index contributed by atoms with van der Waals surface area (Å²) in [7, 11) is 0. The molecule has 0 aliphatic carbocycles. The van der Waals surface area contributed by atoms with Crippen molar-refractivity contribution in [3.63, 3.8) is 0 Å². The van der Waals surface area contributed by atoms with E-state index in [1.165, 1.54) is 6.92 Å². The Bertz CT molecular complexity index is 477. The molecule has 1 aliphatic heterocycles. The number of hydrogen-bond donors (Lipinski definition) is 0. The van der Waals surface area contributed by atoms with E-state index in [0.717, 1.165) is 0 Å². The molecular weight excluding hydrogens is 218 g/mol. The van der Waals surface area contributed by atoms with E-state index in [0.29, 0.717) is 23.8 Å². The first kappa shape index (κ1) is 11.6. The molecule has 1 aliphatic rings. The quantitative estimate of drug-likeness (QED) is 0.581. The number of rotatable bonds is 2. The molecule has 2 rings (SSSR count). The molecule has 1 aromatic carbocycles. The molecule has 1 aromatic rings. The highest BCUT2D eigenvalue weighted by molar-refractivity contribution is 5.98. The van der Waals surface area contributed by atoms with Crippen LogP contribution in [0.5, 0.6) is 5.75 Å². The molecule has 0 saturated heterocycles. The highest BCUT2D eigenvalue weighted by Crippen LogP contribution is 2.26. The third kappa shape index (κ3) is 2.64. The molecule has 0 unspecified atom stereocenters. The zero-order valence-electron chi connectivity index (χ0n) is 10.2. The lowest BCUT2D eigenvalue weighted by atomic mass is 10.1. The first-order valence-electron chi connectivity index (χ1n) is 5.48. The number of carbonyl (C=O) groups is 1. The lowest BCUT2D eigenvalue weighted by Gasteiger charge is -2.08. The first-order chi connectivity index (χ1) is 7.98. The monoisotopic (exact) mass is 233 g/mol. The van der Waals surface area contributed by atoms with Crippen LogP contribution >= 0.6 is 0 Å². The van der Waals surface area contributed by atoms with Crippen LogP contribution < -0.4 is 4.74 Å². The topological polar surface area (TPSA) is 47.9 Å². The van der Waals surface area contributed by atoms with Crippen molar-refractivity contribution >= 4 is 11.9 Å². The van der Waals surface area contributed by atoms with E-state index in [9.17, 15) is 4.79 Å². The van der Waals surface area contributed by atoms with Gasteiger partial charge in [-0.15, -0.1) is 0 Å². The molecule has 0 aromatic heterocycles. The van der Waals surface area contributed by atoms with Crippen LogP contribution in [0.1, 0.15) is 26.3 Å². The molecular formula is C13H15NO3. The summed E-state index contributed by atoms with van der Waals surface area (Å²) in [5.74, 6) is 0.665. The number of nitrogens with zero attached hydrogens (tertiary/aromatic N) is 1. The predicted molar refractivity (Wildman–Crippen MR) is 64.3 cm³/mol. The van der Waals surface area contributed by atoms with E-state index in [1.807, 2.05) is 32.0 Å². The Labute approximate surface area is 100 Å². The number of hydrogen-bond acceptors (Lipinski definition) is 4. The minimum absolute atomic E-state index is 0.224. The number of carbonyl (C=O) groups excluding carboxylic acids is 1. The molecule has 0 fully saturated rings. The average molecular weight is 233 g/mol. The molecule has 17 heavy (non-hydrogen) atoms. The summed E-state index contributed by atoms with van der Waals surface area (Å²) >= 11 is 0. The molecule has 1 heterocycles. The van der Waals surface area contributed by atoms with Gasteiger partial charge in [-0.2, -0.15) is 0 Å². The Kier molecular flexibility index (Phi) is 2.88. The van der Waals surface area contributed by atoms with Crippen LogP contribution in [0.4, 0.5) is 0 Å². The summed E-state index contributed by atoms with van der Waals surface area (Å²) in [5.41, 5.74) is 0.492. The van der Waals surface area contributed by atoms with Crippen LogP contribution in [0.3, 0.4) is 0 Å². The minimum Gasteiger partial charge on any atom is -0.475 e. The van der Waals surface area contributed by atoms with Gasteiger partial charge in [0.2, 0.25) is 5.90 Å². The molecule has 0 radical (unpaired) electrons. The Morgan fingerprint density at radius 3 is 2.71 bits per heavy atom. The van der Waals surface area contributed by atoms with Gasteiger partial charge in [0.15, 0.2) is 0 Å². The third-order valence-corrected chi connectivity index (χ3v) is 2.34. The van der Waals surface area contributed by atoms with Crippen molar-refractivity contribution in [1.29, 1.82) is 0 Å². The third-order valence-electron chi connectivity index (χ3n) is 2.34. The molecule has 90 valence electrons. The van der Waals surface area contributed by atoms with Crippen molar-refractivity contribution < 1.29 is 14.3 Å². The molecule has 0 spiro atoms. The van der Waals surface area contributed by atoms with Crippen molar-refractivity contribution in [2.24, 2.45) is 4.99 Å². The number of ether oxygens (including phenoxy) is 2. The predicted octanol–water partition coefficient (Wildman–Crippen LogP) is 2.17. The van der Waals surface area contributed by atoms with Gasteiger partial charge in [0.25, 0.3) is 0 Å². The van der Waals surface area contributed by atoms with Gasteiger partial charge in [0.05, 0.1) is 11.1 Å². The number of esters is 1. The molecule has 0 bridgehead atoms. The van der Waals surface area contributed by atoms with E-state index < -0.39 is 0 Å². The maximum atomic E-state index is 11.0. The Balaban J connectivity index is 2.36. The minimum atomic E-state index is -0.352. The van der Waals surface area contributed by atoms with Crippen molar-refractivity contribution in [1.82, 2.24) is 0 Å². The van der Waals surface area contributed by atoms with Crippen LogP contribution in [0.25, 0.3) is 0 Å². The van der Waals surface area contributed by atoms with Gasteiger partial charge in [0, 0.05) is 6.92 Å². The molecule has 4 nitrogen and oxygen atoms in total. The zero-order chi connectivity index (χ0) is 12.5. The first-order valence-corrected chi connectivity index (χ1v) is 5.48. The van der Waals surface area contributed by atoms with Crippen LogP contribution in [0.2, 0.25) is 0 Å². The van der Waals surface area contributed by atoms with Gasteiger partial charge in [-0.05, 0) is 26.0 Å². The summed E-state index contributed by atoms with van der Waals surface area (Å²) in [6.07, 6.45) is 0. The number of para-hydroxylation sites is 1. The maximum Gasteiger partial charge on any atom is 0.308 e. The number of aliphatic imine (C=N–C) groups is 1. The lowest BCUT2D eigenvalue weighted by molar-refractivity contribution is -0.131. The highest BCUT2D eigenvalue weighted by Gasteiger charge is 2.28. The molecule has 0 amide bonds. The van der Waals surface area contributed by atoms with Crippen LogP contribution in [-0.4, -0.2) is 24.0 Å². The smallest absolute Gasteiger partial charge is 0.308 e. The van der Waals surface area contributed by atoms with Gasteiger partial charge in [0.1, 0.15) is 12.4 Å². The fourth-order valence-corrected chi connectivity index (χ4v) is 1.61. The van der Waals surface area contributed by atoms with Gasteiger partial charge in [-0.25, -0.2) is 4.99 Å². The number of benzene rings is 1. The SMILES string of the molecule is CC(=O)Oc1ccccc1C1=NC(C)(C)CO1. The van der Waals surface area contributed by atoms with Crippen molar-refractivity contribution in [3.8, 4) is 5.75 Å². The standard InChI is InChI=1S/C13H15NO3/c1-9(15)17-11-7-5-4-6-10(11)12-14-13(2,3)8-16-12/h4-7H,8H2,1-3H3. The average Bonchev–Trinajstić information content (AvgIpc) is 2.59. The lowest BCUT2D eigenvalue weighted by Crippen LogP contribution is -2.17. The van der Waals surface area contributed by atoms with Crippen molar-refractivity contribution in [2.45, 2.75) is 26.3 Å². The summed E-state index contributed by atoms with van der Waals surface area (Å²) in [5, 5.41) is 0. The second kappa shape index (κ2) is 4.20. The second-order valence-corrected chi connectivity index (χ2v) is 4.61. The van der Waals surface area contributed by atoms with Gasteiger partial charge >= 0.3 is 5.97 Å². The molecule has 0 atom stereocenters. The molecule has 4 heteroatoms.